The number of rotatable bonds is 2. The fraction of sp³-hybridized carbons (Fsp3) is 0.286. The van der Waals surface area contributed by atoms with E-state index < -0.39 is 0 Å². The van der Waals surface area contributed by atoms with E-state index in [1.807, 2.05) is 12.1 Å². The molecular weight excluding hydrogens is 198 g/mol. The van der Waals surface area contributed by atoms with Gasteiger partial charge in [-0.3, -0.25) is 0 Å². The second kappa shape index (κ2) is 3.49. The topological polar surface area (TPSA) is 46.2 Å². The first kappa shape index (κ1) is 9.67. The summed E-state index contributed by atoms with van der Waals surface area (Å²) in [6.45, 7) is 0. The summed E-state index contributed by atoms with van der Waals surface area (Å²) in [7, 11) is 0. The summed E-state index contributed by atoms with van der Waals surface area (Å²) in [4.78, 5) is 0. The number of phenolic OH excluding ortho intramolecular Hbond substituents is 1. The van der Waals surface area contributed by atoms with Crippen molar-refractivity contribution in [3.05, 3.63) is 42.0 Å². The van der Waals surface area contributed by atoms with Crippen LogP contribution in [0.15, 0.2) is 36.4 Å². The van der Waals surface area contributed by atoms with Crippen molar-refractivity contribution in [1.82, 2.24) is 0 Å². The summed E-state index contributed by atoms with van der Waals surface area (Å²) in [6, 6.07) is 11.9. The second-order valence-electron chi connectivity index (χ2n) is 4.65. The highest BCUT2D eigenvalue weighted by Gasteiger charge is 2.29. The SMILES string of the molecule is N[C@H](c1ccc2cc(O)ccc2c1)C1CC1. The molecule has 2 nitrogen and oxygen atoms in total. The molecule has 82 valence electrons. The van der Waals surface area contributed by atoms with Crippen LogP contribution in [0.1, 0.15) is 24.4 Å². The third kappa shape index (κ3) is 1.65. The normalized spacial score (nSPS) is 17.6. The second-order valence-corrected chi connectivity index (χ2v) is 4.65. The Labute approximate surface area is 94.7 Å². The van der Waals surface area contributed by atoms with E-state index in [2.05, 4.69) is 12.1 Å². The number of nitrogens with two attached hydrogens (primary N) is 1. The summed E-state index contributed by atoms with van der Waals surface area (Å²) >= 11 is 0. The Morgan fingerprint density at radius 1 is 1.06 bits per heavy atom. The smallest absolute Gasteiger partial charge is 0.116 e. The lowest BCUT2D eigenvalue weighted by Gasteiger charge is -2.11. The summed E-state index contributed by atoms with van der Waals surface area (Å²) in [5, 5.41) is 11.6. The minimum Gasteiger partial charge on any atom is -0.508 e. The summed E-state index contributed by atoms with van der Waals surface area (Å²) in [5.74, 6) is 0.987. The van der Waals surface area contributed by atoms with Crippen LogP contribution in [0, 0.1) is 5.92 Å². The fourth-order valence-electron chi connectivity index (χ4n) is 2.19. The van der Waals surface area contributed by atoms with Crippen LogP contribution in [0.4, 0.5) is 0 Å². The maximum absolute atomic E-state index is 9.38. The van der Waals surface area contributed by atoms with Crippen molar-refractivity contribution < 1.29 is 5.11 Å². The van der Waals surface area contributed by atoms with Crippen molar-refractivity contribution in [3.8, 4) is 5.75 Å². The molecule has 1 saturated carbocycles. The molecule has 0 unspecified atom stereocenters. The van der Waals surface area contributed by atoms with E-state index in [1.54, 1.807) is 12.1 Å². The van der Waals surface area contributed by atoms with Gasteiger partial charge in [0.25, 0.3) is 0 Å². The van der Waals surface area contributed by atoms with E-state index in [0.29, 0.717) is 11.7 Å². The lowest BCUT2D eigenvalue weighted by atomic mass is 9.99. The van der Waals surface area contributed by atoms with Crippen molar-refractivity contribution in [2.45, 2.75) is 18.9 Å². The van der Waals surface area contributed by atoms with Gasteiger partial charge in [-0.1, -0.05) is 18.2 Å². The first-order valence-corrected chi connectivity index (χ1v) is 5.72. The zero-order valence-corrected chi connectivity index (χ0v) is 9.06. The molecular formula is C14H15NO. The van der Waals surface area contributed by atoms with Gasteiger partial charge in [-0.05, 0) is 53.3 Å². The van der Waals surface area contributed by atoms with Gasteiger partial charge in [0.1, 0.15) is 5.75 Å². The van der Waals surface area contributed by atoms with Gasteiger partial charge in [0.15, 0.2) is 0 Å². The lowest BCUT2D eigenvalue weighted by molar-refractivity contribution is 0.476. The van der Waals surface area contributed by atoms with Crippen LogP contribution >= 0.6 is 0 Å². The number of hydrogen-bond acceptors (Lipinski definition) is 2. The molecule has 0 saturated heterocycles. The zero-order valence-electron chi connectivity index (χ0n) is 9.06. The molecule has 0 heterocycles. The Hall–Kier alpha value is -1.54. The van der Waals surface area contributed by atoms with Crippen LogP contribution in [0.5, 0.6) is 5.75 Å². The summed E-state index contributed by atoms with van der Waals surface area (Å²) in [6.07, 6.45) is 2.52. The average molecular weight is 213 g/mol. The Balaban J connectivity index is 2.05. The molecule has 0 spiro atoms. The molecule has 2 aromatic rings. The number of fused-ring (bicyclic) bond motifs is 1. The molecule has 0 amide bonds. The number of phenols is 1. The van der Waals surface area contributed by atoms with Gasteiger partial charge in [0.2, 0.25) is 0 Å². The molecule has 3 N–H and O–H groups in total. The standard InChI is InChI=1S/C14H15NO/c15-14(9-1-2-9)12-4-3-11-8-13(16)6-5-10(11)7-12/h3-9,14,16H,1-2,15H2/t14-/m0/s1. The van der Waals surface area contributed by atoms with E-state index >= 15 is 0 Å². The molecule has 0 bridgehead atoms. The van der Waals surface area contributed by atoms with Gasteiger partial charge in [0.05, 0.1) is 0 Å². The maximum atomic E-state index is 9.38. The van der Waals surface area contributed by atoms with Crippen LogP contribution in [-0.2, 0) is 0 Å². The van der Waals surface area contributed by atoms with Crippen LogP contribution in [0.25, 0.3) is 10.8 Å². The van der Waals surface area contributed by atoms with E-state index in [0.717, 1.165) is 10.8 Å². The highest BCUT2D eigenvalue weighted by Crippen LogP contribution is 2.40. The van der Waals surface area contributed by atoms with Gasteiger partial charge in [0, 0.05) is 6.04 Å². The van der Waals surface area contributed by atoms with E-state index in [4.69, 9.17) is 5.73 Å². The quantitative estimate of drug-likeness (QED) is 0.805. The average Bonchev–Trinajstić information content (AvgIpc) is 3.11. The van der Waals surface area contributed by atoms with Gasteiger partial charge >= 0.3 is 0 Å². The Morgan fingerprint density at radius 2 is 1.75 bits per heavy atom. The highest BCUT2D eigenvalue weighted by atomic mass is 16.3. The van der Waals surface area contributed by atoms with Gasteiger partial charge in [-0.25, -0.2) is 0 Å². The Bertz CT molecular complexity index is 531. The molecule has 1 atom stereocenters. The highest BCUT2D eigenvalue weighted by molar-refractivity contribution is 5.84. The number of benzene rings is 2. The first-order valence-electron chi connectivity index (χ1n) is 5.72. The van der Waals surface area contributed by atoms with Crippen molar-refractivity contribution in [3.63, 3.8) is 0 Å². The van der Waals surface area contributed by atoms with Crippen molar-refractivity contribution >= 4 is 10.8 Å². The number of hydrogen-bond donors (Lipinski definition) is 2. The van der Waals surface area contributed by atoms with Crippen LogP contribution in [0.2, 0.25) is 0 Å². The fourth-order valence-corrected chi connectivity index (χ4v) is 2.19. The Kier molecular flexibility index (Phi) is 2.11. The third-order valence-corrected chi connectivity index (χ3v) is 3.36. The zero-order chi connectivity index (χ0) is 11.1. The molecule has 0 radical (unpaired) electrons. The molecule has 16 heavy (non-hydrogen) atoms. The van der Waals surface area contributed by atoms with Crippen LogP contribution in [0.3, 0.4) is 0 Å². The van der Waals surface area contributed by atoms with E-state index in [1.165, 1.54) is 18.4 Å². The van der Waals surface area contributed by atoms with Crippen molar-refractivity contribution in [1.29, 1.82) is 0 Å². The van der Waals surface area contributed by atoms with E-state index in [-0.39, 0.29) is 6.04 Å². The molecule has 2 heteroatoms. The summed E-state index contributed by atoms with van der Waals surface area (Å²) < 4.78 is 0. The van der Waals surface area contributed by atoms with Crippen molar-refractivity contribution in [2.24, 2.45) is 11.7 Å². The predicted octanol–water partition coefficient (Wildman–Crippen LogP) is 2.96. The Morgan fingerprint density at radius 3 is 2.50 bits per heavy atom. The third-order valence-electron chi connectivity index (χ3n) is 3.36. The van der Waals surface area contributed by atoms with Gasteiger partial charge < -0.3 is 10.8 Å². The molecule has 0 aliphatic heterocycles. The van der Waals surface area contributed by atoms with E-state index in [9.17, 15) is 5.11 Å². The molecule has 2 aromatic carbocycles. The number of aromatic hydroxyl groups is 1. The molecule has 1 fully saturated rings. The minimum absolute atomic E-state index is 0.179. The predicted molar refractivity (Wildman–Crippen MR) is 65.3 cm³/mol. The summed E-state index contributed by atoms with van der Waals surface area (Å²) in [5.41, 5.74) is 7.38. The molecule has 1 aliphatic carbocycles. The van der Waals surface area contributed by atoms with Crippen LogP contribution in [-0.4, -0.2) is 5.11 Å². The molecule has 1 aliphatic rings. The van der Waals surface area contributed by atoms with Gasteiger partial charge in [-0.2, -0.15) is 0 Å². The lowest BCUT2D eigenvalue weighted by Crippen LogP contribution is -2.11. The molecule has 3 rings (SSSR count). The maximum Gasteiger partial charge on any atom is 0.116 e. The van der Waals surface area contributed by atoms with Crippen molar-refractivity contribution in [2.75, 3.05) is 0 Å². The monoisotopic (exact) mass is 213 g/mol. The minimum atomic E-state index is 0.179. The van der Waals surface area contributed by atoms with Gasteiger partial charge in [-0.15, -0.1) is 0 Å². The first-order chi connectivity index (χ1) is 7.74. The largest absolute Gasteiger partial charge is 0.508 e. The molecule has 0 aromatic heterocycles. The van der Waals surface area contributed by atoms with Crippen LogP contribution < -0.4 is 5.73 Å².